The number of hydrogen-bond acceptors (Lipinski definition) is 5. The van der Waals surface area contributed by atoms with Gasteiger partial charge >= 0.3 is 12.1 Å². The van der Waals surface area contributed by atoms with Crippen molar-refractivity contribution in [1.29, 1.82) is 0 Å². The lowest BCUT2D eigenvalue weighted by atomic mass is 9.76. The van der Waals surface area contributed by atoms with Crippen molar-refractivity contribution in [2.75, 3.05) is 6.61 Å². The topological polar surface area (TPSA) is 64.6 Å². The van der Waals surface area contributed by atoms with Gasteiger partial charge in [-0.15, -0.1) is 11.3 Å². The molecule has 1 aliphatic carbocycles. The molecular formula is C37H37NO4S. The van der Waals surface area contributed by atoms with E-state index >= 15 is 0 Å². The van der Waals surface area contributed by atoms with Gasteiger partial charge in [0.25, 0.3) is 0 Å². The Morgan fingerprint density at radius 1 is 0.907 bits per heavy atom. The van der Waals surface area contributed by atoms with Crippen molar-refractivity contribution in [2.24, 2.45) is 0 Å². The first-order valence-electron chi connectivity index (χ1n) is 15.0. The Labute approximate surface area is 256 Å². The minimum Gasteiger partial charge on any atom is -0.462 e. The van der Waals surface area contributed by atoms with Gasteiger partial charge in [-0.2, -0.15) is 0 Å². The first kappa shape index (κ1) is 28.9. The lowest BCUT2D eigenvalue weighted by molar-refractivity contribution is 0.0505. The highest BCUT2D eigenvalue weighted by Gasteiger charge is 2.28. The van der Waals surface area contributed by atoms with Gasteiger partial charge in [0.1, 0.15) is 5.60 Å². The Bertz CT molecular complexity index is 1830. The van der Waals surface area contributed by atoms with E-state index in [1.165, 1.54) is 49.9 Å². The number of amides is 1. The third kappa shape index (κ3) is 5.89. The second-order valence-corrected chi connectivity index (χ2v) is 13.2. The SMILES string of the molecule is CCOC(=O)c1c(CNC(=O)OC(C)(C)C)sc2cc(-c3cccc4ccccc34)c(C3CCCc4ccccc43)cc12. The molecule has 1 atom stereocenters. The summed E-state index contributed by atoms with van der Waals surface area (Å²) >= 11 is 1.52. The second kappa shape index (κ2) is 11.8. The van der Waals surface area contributed by atoms with E-state index in [4.69, 9.17) is 9.47 Å². The van der Waals surface area contributed by atoms with Crippen LogP contribution >= 0.6 is 11.3 Å². The number of carbonyl (C=O) groups excluding carboxylic acids is 2. The molecule has 5 aromatic rings. The molecule has 1 heterocycles. The van der Waals surface area contributed by atoms with Gasteiger partial charge < -0.3 is 14.8 Å². The Hall–Kier alpha value is -4.16. The predicted octanol–water partition coefficient (Wildman–Crippen LogP) is 9.39. The first-order chi connectivity index (χ1) is 20.7. The van der Waals surface area contributed by atoms with E-state index in [2.05, 4.69) is 84.2 Å². The van der Waals surface area contributed by atoms with Crippen molar-refractivity contribution in [3.63, 3.8) is 0 Å². The summed E-state index contributed by atoms with van der Waals surface area (Å²) in [6.45, 7) is 7.75. The lowest BCUT2D eigenvalue weighted by Crippen LogP contribution is -2.32. The highest BCUT2D eigenvalue weighted by Crippen LogP contribution is 2.46. The summed E-state index contributed by atoms with van der Waals surface area (Å²) < 4.78 is 12.0. The highest BCUT2D eigenvalue weighted by molar-refractivity contribution is 7.19. The highest BCUT2D eigenvalue weighted by atomic mass is 32.1. The molecule has 1 N–H and O–H groups in total. The van der Waals surface area contributed by atoms with Gasteiger partial charge in [0.15, 0.2) is 0 Å². The monoisotopic (exact) mass is 591 g/mol. The van der Waals surface area contributed by atoms with Gasteiger partial charge in [-0.3, -0.25) is 0 Å². The number of benzene rings is 4. The predicted molar refractivity (Wildman–Crippen MR) is 175 cm³/mol. The van der Waals surface area contributed by atoms with Crippen LogP contribution in [0.5, 0.6) is 0 Å². The molecule has 4 aromatic carbocycles. The normalized spacial score (nSPS) is 14.8. The molecule has 1 unspecified atom stereocenters. The quantitative estimate of drug-likeness (QED) is 0.200. The van der Waals surface area contributed by atoms with Gasteiger partial charge in [0.2, 0.25) is 0 Å². The van der Waals surface area contributed by atoms with Crippen LogP contribution in [0.15, 0.2) is 78.9 Å². The van der Waals surface area contributed by atoms with Crippen molar-refractivity contribution in [1.82, 2.24) is 5.32 Å². The molecule has 0 radical (unpaired) electrons. The molecule has 0 saturated carbocycles. The van der Waals surface area contributed by atoms with Crippen molar-refractivity contribution in [3.05, 3.63) is 106 Å². The maximum absolute atomic E-state index is 13.5. The lowest BCUT2D eigenvalue weighted by Gasteiger charge is -2.28. The largest absolute Gasteiger partial charge is 0.462 e. The fraction of sp³-hybridized carbons (Fsp3) is 0.297. The van der Waals surface area contributed by atoms with Crippen LogP contribution in [0.3, 0.4) is 0 Å². The van der Waals surface area contributed by atoms with E-state index < -0.39 is 11.7 Å². The molecule has 1 aliphatic rings. The number of esters is 1. The van der Waals surface area contributed by atoms with Crippen molar-refractivity contribution >= 4 is 44.3 Å². The van der Waals surface area contributed by atoms with Crippen LogP contribution in [0.4, 0.5) is 4.79 Å². The van der Waals surface area contributed by atoms with Crippen LogP contribution in [0.2, 0.25) is 0 Å². The van der Waals surface area contributed by atoms with E-state index in [9.17, 15) is 9.59 Å². The van der Waals surface area contributed by atoms with Gasteiger partial charge in [-0.25, -0.2) is 9.59 Å². The first-order valence-corrected chi connectivity index (χ1v) is 15.8. The molecular weight excluding hydrogens is 554 g/mol. The Balaban J connectivity index is 1.56. The third-order valence-electron chi connectivity index (χ3n) is 8.03. The number of alkyl carbamates (subject to hydrolysis) is 1. The minimum atomic E-state index is -0.618. The Morgan fingerprint density at radius 3 is 2.49 bits per heavy atom. The van der Waals surface area contributed by atoms with Gasteiger partial charge in [0, 0.05) is 20.9 Å². The molecule has 5 nitrogen and oxygen atoms in total. The van der Waals surface area contributed by atoms with Gasteiger partial charge in [-0.05, 0) is 97.7 Å². The van der Waals surface area contributed by atoms with Crippen LogP contribution in [-0.2, 0) is 22.4 Å². The molecule has 1 amide bonds. The van der Waals surface area contributed by atoms with Crippen LogP contribution in [0.25, 0.3) is 32.0 Å². The summed E-state index contributed by atoms with van der Waals surface area (Å²) in [5, 5.41) is 6.11. The number of ether oxygens (including phenoxy) is 2. The van der Waals surface area contributed by atoms with Gasteiger partial charge in [0.05, 0.1) is 18.7 Å². The number of aryl methyl sites for hydroxylation is 1. The molecule has 0 spiro atoms. The minimum absolute atomic E-state index is 0.174. The summed E-state index contributed by atoms with van der Waals surface area (Å²) in [6.07, 6.45) is 2.70. The van der Waals surface area contributed by atoms with E-state index in [-0.39, 0.29) is 25.0 Å². The average molecular weight is 592 g/mol. The molecule has 0 bridgehead atoms. The summed E-state index contributed by atoms with van der Waals surface area (Å²) in [6, 6.07) is 28.2. The Morgan fingerprint density at radius 2 is 1.67 bits per heavy atom. The number of hydrogen-bond donors (Lipinski definition) is 1. The number of fused-ring (bicyclic) bond motifs is 3. The smallest absolute Gasteiger partial charge is 0.407 e. The summed E-state index contributed by atoms with van der Waals surface area (Å²) in [5.41, 5.74) is 6.22. The summed E-state index contributed by atoms with van der Waals surface area (Å²) in [7, 11) is 0. The molecule has 6 rings (SSSR count). The maximum Gasteiger partial charge on any atom is 0.407 e. The van der Waals surface area contributed by atoms with Crippen molar-refractivity contribution in [2.45, 2.75) is 65.0 Å². The standard InChI is InChI=1S/C37H37NO4S/c1-5-41-35(39)34-31-20-29(27-18-10-14-23-12-6-8-16-25(23)27)30(28-19-11-15-24-13-7-9-17-26(24)28)21-32(31)43-33(34)22-38-36(40)42-37(2,3)4/h6-9,11-13,15-17,19-21,27H,5,10,14,18,22H2,1-4H3,(H,38,40). The summed E-state index contributed by atoms with van der Waals surface area (Å²) in [5.74, 6) is -0.177. The fourth-order valence-electron chi connectivity index (χ4n) is 6.29. The van der Waals surface area contributed by atoms with Crippen LogP contribution in [-0.4, -0.2) is 24.3 Å². The second-order valence-electron chi connectivity index (χ2n) is 12.1. The zero-order valence-corrected chi connectivity index (χ0v) is 26.0. The Kier molecular flexibility index (Phi) is 7.97. The van der Waals surface area contributed by atoms with E-state index in [1.54, 1.807) is 0 Å². The van der Waals surface area contributed by atoms with Gasteiger partial charge in [-0.1, -0.05) is 66.7 Å². The molecule has 220 valence electrons. The van der Waals surface area contributed by atoms with Crippen molar-refractivity contribution < 1.29 is 19.1 Å². The molecule has 0 aliphatic heterocycles. The van der Waals surface area contributed by atoms with Crippen LogP contribution in [0.1, 0.15) is 78.4 Å². The zero-order valence-electron chi connectivity index (χ0n) is 25.2. The molecule has 0 fully saturated rings. The summed E-state index contributed by atoms with van der Waals surface area (Å²) in [4.78, 5) is 26.8. The van der Waals surface area contributed by atoms with E-state index in [0.29, 0.717) is 5.56 Å². The third-order valence-corrected chi connectivity index (χ3v) is 9.18. The average Bonchev–Trinajstić information content (AvgIpc) is 3.35. The number of carbonyl (C=O) groups is 2. The van der Waals surface area contributed by atoms with Crippen LogP contribution in [0, 0.1) is 0 Å². The van der Waals surface area contributed by atoms with E-state index in [0.717, 1.165) is 34.2 Å². The molecule has 6 heteroatoms. The molecule has 0 saturated heterocycles. The number of thiophene rings is 1. The van der Waals surface area contributed by atoms with Crippen LogP contribution < -0.4 is 5.32 Å². The fourth-order valence-corrected chi connectivity index (χ4v) is 7.44. The molecule has 43 heavy (non-hydrogen) atoms. The van der Waals surface area contributed by atoms with Crippen molar-refractivity contribution in [3.8, 4) is 11.1 Å². The molecule has 1 aromatic heterocycles. The van der Waals surface area contributed by atoms with E-state index in [1.807, 2.05) is 27.7 Å². The number of rotatable bonds is 6. The maximum atomic E-state index is 13.5. The number of nitrogens with one attached hydrogen (secondary N) is 1. The zero-order chi connectivity index (χ0) is 30.1.